The van der Waals surface area contributed by atoms with Crippen LogP contribution in [0.3, 0.4) is 0 Å². The summed E-state index contributed by atoms with van der Waals surface area (Å²) in [6.45, 7) is 0.242. The van der Waals surface area contributed by atoms with Crippen LogP contribution in [-0.4, -0.2) is 36.7 Å². The van der Waals surface area contributed by atoms with E-state index in [-0.39, 0.29) is 29.2 Å². The number of Topliss-reactive ketones (excluding diaryl/α,β-unsaturated/α-hetero) is 1. The number of benzene rings is 2. The number of likely N-dealkylation sites (N-methyl/N-ethyl adjacent to an activating group) is 1. The van der Waals surface area contributed by atoms with Gasteiger partial charge in [-0.2, -0.15) is 0 Å². The lowest BCUT2D eigenvalue weighted by Crippen LogP contribution is -2.37. The third-order valence-electron chi connectivity index (χ3n) is 5.27. The molecule has 0 fully saturated rings. The second kappa shape index (κ2) is 9.04. The monoisotopic (exact) mass is 445 g/mol. The Bertz CT molecular complexity index is 1300. The minimum Gasteiger partial charge on any atom is -0.481 e. The first-order chi connectivity index (χ1) is 15.9. The van der Waals surface area contributed by atoms with Crippen molar-refractivity contribution in [3.8, 4) is 5.88 Å². The van der Waals surface area contributed by atoms with Crippen LogP contribution in [0.4, 0.5) is 10.1 Å². The lowest BCUT2D eigenvalue weighted by Gasteiger charge is -2.27. The Morgan fingerprint density at radius 1 is 1.15 bits per heavy atom. The molecular weight excluding hydrogens is 425 g/mol. The third kappa shape index (κ3) is 4.50. The van der Waals surface area contributed by atoms with Gasteiger partial charge in [0.15, 0.2) is 0 Å². The van der Waals surface area contributed by atoms with E-state index in [1.54, 1.807) is 43.6 Å². The van der Waals surface area contributed by atoms with E-state index >= 15 is 0 Å². The fraction of sp³-hybridized carbons (Fsp3) is 0.120. The van der Waals surface area contributed by atoms with Gasteiger partial charge in [-0.1, -0.05) is 12.1 Å². The number of fused-ring (bicyclic) bond motifs is 1. The topological polar surface area (TPSA) is 88.6 Å². The molecule has 1 N–H and O–H groups in total. The van der Waals surface area contributed by atoms with Crippen LogP contribution in [0.1, 0.15) is 31.8 Å². The van der Waals surface area contributed by atoms with E-state index in [0.29, 0.717) is 17.1 Å². The van der Waals surface area contributed by atoms with Crippen molar-refractivity contribution in [3.05, 3.63) is 94.4 Å². The molecule has 0 atom stereocenters. The molecule has 4 rings (SSSR count). The maximum atomic E-state index is 13.5. The summed E-state index contributed by atoms with van der Waals surface area (Å²) in [7, 11) is 3.05. The molecule has 3 aromatic rings. The van der Waals surface area contributed by atoms with Gasteiger partial charge < -0.3 is 15.0 Å². The van der Waals surface area contributed by atoms with Gasteiger partial charge in [0.25, 0.3) is 11.8 Å². The quantitative estimate of drug-likeness (QED) is 0.480. The van der Waals surface area contributed by atoms with Gasteiger partial charge in [0, 0.05) is 37.0 Å². The number of methoxy groups -OCH3 is 1. The van der Waals surface area contributed by atoms with Crippen LogP contribution in [0, 0.1) is 5.82 Å². The lowest BCUT2D eigenvalue weighted by molar-refractivity contribution is -0.114. The van der Waals surface area contributed by atoms with E-state index in [9.17, 15) is 18.8 Å². The first kappa shape index (κ1) is 21.9. The molecule has 2 amide bonds. The maximum Gasteiger partial charge on any atom is 0.262 e. The predicted octanol–water partition coefficient (Wildman–Crippen LogP) is 3.40. The largest absolute Gasteiger partial charge is 0.481 e. The summed E-state index contributed by atoms with van der Waals surface area (Å²) in [6, 6.07) is 13.7. The highest BCUT2D eigenvalue weighted by molar-refractivity contribution is 6.36. The van der Waals surface area contributed by atoms with Crippen molar-refractivity contribution in [1.29, 1.82) is 0 Å². The Labute approximate surface area is 189 Å². The molecule has 0 unspecified atom stereocenters. The normalized spacial score (nSPS) is 14.3. The zero-order valence-electron chi connectivity index (χ0n) is 18.0. The number of ketones is 1. The summed E-state index contributed by atoms with van der Waals surface area (Å²) in [5, 5.41) is 2.80. The zero-order chi connectivity index (χ0) is 23.5. The van der Waals surface area contributed by atoms with Gasteiger partial charge in [-0.3, -0.25) is 14.4 Å². The molecule has 0 saturated carbocycles. The summed E-state index contributed by atoms with van der Waals surface area (Å²) in [4.78, 5) is 44.0. The highest BCUT2D eigenvalue weighted by atomic mass is 19.1. The predicted molar refractivity (Wildman–Crippen MR) is 121 cm³/mol. The first-order valence-corrected chi connectivity index (χ1v) is 10.1. The van der Waals surface area contributed by atoms with Crippen LogP contribution < -0.4 is 15.0 Å². The lowest BCUT2D eigenvalue weighted by atomic mass is 9.92. The van der Waals surface area contributed by atoms with Crippen LogP contribution in [-0.2, 0) is 11.3 Å². The van der Waals surface area contributed by atoms with E-state index < -0.39 is 17.5 Å². The highest BCUT2D eigenvalue weighted by Gasteiger charge is 2.33. The summed E-state index contributed by atoms with van der Waals surface area (Å²) in [5.41, 5.74) is 1.99. The number of ether oxygens (including phenoxy) is 1. The van der Waals surface area contributed by atoms with Gasteiger partial charge in [-0.05, 0) is 53.6 Å². The Kier molecular flexibility index (Phi) is 5.99. The highest BCUT2D eigenvalue weighted by Crippen LogP contribution is 2.31. The van der Waals surface area contributed by atoms with Crippen molar-refractivity contribution in [2.24, 2.45) is 0 Å². The maximum absolute atomic E-state index is 13.5. The molecule has 1 aromatic heterocycles. The number of nitrogens with zero attached hydrogens (tertiary/aromatic N) is 2. The fourth-order valence-corrected chi connectivity index (χ4v) is 3.53. The van der Waals surface area contributed by atoms with Crippen molar-refractivity contribution in [3.63, 3.8) is 0 Å². The number of rotatable bonds is 5. The van der Waals surface area contributed by atoms with Crippen LogP contribution in [0.15, 0.2) is 66.4 Å². The van der Waals surface area contributed by atoms with Gasteiger partial charge >= 0.3 is 0 Å². The molecule has 0 aliphatic carbocycles. The smallest absolute Gasteiger partial charge is 0.262 e. The number of anilines is 1. The molecule has 2 aromatic carbocycles. The molecule has 33 heavy (non-hydrogen) atoms. The van der Waals surface area contributed by atoms with Gasteiger partial charge in [-0.15, -0.1) is 0 Å². The zero-order valence-corrected chi connectivity index (χ0v) is 18.0. The van der Waals surface area contributed by atoms with E-state index in [2.05, 4.69) is 10.3 Å². The average molecular weight is 445 g/mol. The van der Waals surface area contributed by atoms with E-state index in [1.165, 1.54) is 42.4 Å². The number of hydrogen-bond acceptors (Lipinski definition) is 5. The second-order valence-electron chi connectivity index (χ2n) is 7.43. The summed E-state index contributed by atoms with van der Waals surface area (Å²) >= 11 is 0. The van der Waals surface area contributed by atoms with E-state index in [0.717, 1.165) is 5.56 Å². The van der Waals surface area contributed by atoms with Crippen molar-refractivity contribution in [2.45, 2.75) is 6.54 Å². The minimum atomic E-state index is -0.522. The molecular formula is C25H20FN3O4. The first-order valence-electron chi connectivity index (χ1n) is 10.1. The van der Waals surface area contributed by atoms with Gasteiger partial charge in [0.05, 0.1) is 18.4 Å². The molecule has 7 nitrogen and oxygen atoms in total. The molecule has 166 valence electrons. The van der Waals surface area contributed by atoms with Crippen molar-refractivity contribution < 1.29 is 23.5 Å². The molecule has 1 aliphatic rings. The van der Waals surface area contributed by atoms with Crippen molar-refractivity contribution in [2.75, 3.05) is 19.1 Å². The average Bonchev–Trinajstić information content (AvgIpc) is 2.83. The second-order valence-corrected chi connectivity index (χ2v) is 7.43. The van der Waals surface area contributed by atoms with Gasteiger partial charge in [0.1, 0.15) is 5.82 Å². The summed E-state index contributed by atoms with van der Waals surface area (Å²) in [6.07, 6.45) is 2.94. The number of carbonyl (C=O) groups excluding carboxylic acids is 3. The van der Waals surface area contributed by atoms with Crippen molar-refractivity contribution >= 4 is 29.4 Å². The van der Waals surface area contributed by atoms with Crippen LogP contribution >= 0.6 is 0 Å². The summed E-state index contributed by atoms with van der Waals surface area (Å²) in [5.74, 6) is -1.44. The van der Waals surface area contributed by atoms with Crippen molar-refractivity contribution in [1.82, 2.24) is 10.3 Å². The standard InChI is InChI=1S/C25H20FN3O4/c1-29-21-7-6-17(24(31)28-14-16-8-9-27-22(12-16)33-2)13-19(21)23(30)20(25(29)32)11-15-4-3-5-18(26)10-15/h3-13H,14H2,1-2H3,(H,28,31)/b20-11-. The Balaban J connectivity index is 1.60. The Hall–Kier alpha value is -4.33. The van der Waals surface area contributed by atoms with E-state index in [1.807, 2.05) is 0 Å². The Morgan fingerprint density at radius 3 is 2.73 bits per heavy atom. The van der Waals surface area contributed by atoms with Gasteiger partial charge in [-0.25, -0.2) is 9.37 Å². The number of carbonyl (C=O) groups is 3. The van der Waals surface area contributed by atoms with Crippen LogP contribution in [0.25, 0.3) is 6.08 Å². The minimum absolute atomic E-state index is 0.1000. The number of hydrogen-bond donors (Lipinski definition) is 1. The third-order valence-corrected chi connectivity index (χ3v) is 5.27. The number of amides is 2. The SMILES string of the molecule is COc1cc(CNC(=O)c2ccc3c(c2)C(=O)/C(=C/c2cccc(F)c2)C(=O)N3C)ccn1. The van der Waals surface area contributed by atoms with Crippen LogP contribution in [0.5, 0.6) is 5.88 Å². The number of halogens is 1. The number of pyridine rings is 1. The van der Waals surface area contributed by atoms with Gasteiger partial charge in [0.2, 0.25) is 11.7 Å². The molecule has 0 spiro atoms. The number of aromatic nitrogens is 1. The summed E-state index contributed by atoms with van der Waals surface area (Å²) < 4.78 is 18.6. The molecule has 0 radical (unpaired) electrons. The molecule has 2 heterocycles. The molecule has 0 bridgehead atoms. The Morgan fingerprint density at radius 2 is 1.97 bits per heavy atom. The number of nitrogens with one attached hydrogen (secondary N) is 1. The fourth-order valence-electron chi connectivity index (χ4n) is 3.53. The van der Waals surface area contributed by atoms with Crippen LogP contribution in [0.2, 0.25) is 0 Å². The molecule has 0 saturated heterocycles. The van der Waals surface area contributed by atoms with E-state index in [4.69, 9.17) is 4.74 Å². The molecule has 8 heteroatoms. The molecule has 1 aliphatic heterocycles.